The minimum absolute atomic E-state index is 0.129. The SMILES string of the molecule is CC/C=C\C/C=C\C/C=C\C/C=C\C/C=C\C/C=C\C/C=C\CCCCCC(=O)OC(COCCCCCCCCCCCCCCCCCCC)COC1OC(CO)C(O)C(O)C1O. The second-order valence-electron chi connectivity index (χ2n) is 17.6. The zero-order valence-electron chi connectivity index (χ0n) is 41.2. The van der Waals surface area contributed by atoms with Gasteiger partial charge in [-0.05, 0) is 70.6 Å². The number of allylic oxidation sites excluding steroid dienone is 14. The third-order valence-corrected chi connectivity index (χ3v) is 11.6. The maximum Gasteiger partial charge on any atom is 0.306 e. The number of aliphatic hydroxyl groups excluding tert-OH is 4. The Labute approximate surface area is 397 Å². The Morgan fingerprint density at radius 2 is 0.938 bits per heavy atom. The van der Waals surface area contributed by atoms with Crippen LogP contribution < -0.4 is 0 Å². The molecule has 65 heavy (non-hydrogen) atoms. The van der Waals surface area contributed by atoms with E-state index in [9.17, 15) is 25.2 Å². The molecule has 9 nitrogen and oxygen atoms in total. The highest BCUT2D eigenvalue weighted by atomic mass is 16.7. The molecule has 6 atom stereocenters. The molecule has 0 radical (unpaired) electrons. The largest absolute Gasteiger partial charge is 0.457 e. The highest BCUT2D eigenvalue weighted by Crippen LogP contribution is 2.23. The van der Waals surface area contributed by atoms with E-state index in [1.165, 1.54) is 96.3 Å². The summed E-state index contributed by atoms with van der Waals surface area (Å²) in [5, 5.41) is 40.3. The molecule has 4 N–H and O–H groups in total. The molecule has 0 aromatic heterocycles. The smallest absolute Gasteiger partial charge is 0.306 e. The summed E-state index contributed by atoms with van der Waals surface area (Å²) >= 11 is 0. The van der Waals surface area contributed by atoms with Gasteiger partial charge in [-0.25, -0.2) is 0 Å². The molecule has 1 heterocycles. The van der Waals surface area contributed by atoms with Crippen LogP contribution in [0.1, 0.15) is 200 Å². The third kappa shape index (κ3) is 37.1. The van der Waals surface area contributed by atoms with Crippen LogP contribution in [0.25, 0.3) is 0 Å². The third-order valence-electron chi connectivity index (χ3n) is 11.6. The molecule has 1 aliphatic rings. The van der Waals surface area contributed by atoms with E-state index in [4.69, 9.17) is 18.9 Å². The van der Waals surface area contributed by atoms with Crippen LogP contribution in [0.5, 0.6) is 0 Å². The van der Waals surface area contributed by atoms with Crippen molar-refractivity contribution in [2.75, 3.05) is 26.4 Å². The van der Waals surface area contributed by atoms with Crippen molar-refractivity contribution in [2.45, 2.75) is 237 Å². The summed E-state index contributed by atoms with van der Waals surface area (Å²) in [7, 11) is 0. The minimum atomic E-state index is -1.55. The lowest BCUT2D eigenvalue weighted by Gasteiger charge is -2.39. The first-order valence-corrected chi connectivity index (χ1v) is 26.2. The van der Waals surface area contributed by atoms with E-state index in [1.807, 2.05) is 0 Å². The number of ether oxygens (including phenoxy) is 4. The van der Waals surface area contributed by atoms with Crippen molar-refractivity contribution in [3.05, 3.63) is 85.1 Å². The lowest BCUT2D eigenvalue weighted by atomic mass is 9.99. The van der Waals surface area contributed by atoms with Crippen LogP contribution in [0.4, 0.5) is 0 Å². The van der Waals surface area contributed by atoms with Gasteiger partial charge in [-0.15, -0.1) is 0 Å². The number of aliphatic hydroxyl groups is 4. The minimum Gasteiger partial charge on any atom is -0.457 e. The number of carbonyl (C=O) groups excluding carboxylic acids is 1. The molecular formula is C56H96O9. The van der Waals surface area contributed by atoms with Gasteiger partial charge >= 0.3 is 5.97 Å². The molecule has 0 saturated carbocycles. The second-order valence-corrected chi connectivity index (χ2v) is 17.6. The lowest BCUT2D eigenvalue weighted by Crippen LogP contribution is -2.59. The van der Waals surface area contributed by atoms with Gasteiger partial charge in [0.05, 0.1) is 19.8 Å². The zero-order valence-corrected chi connectivity index (χ0v) is 41.2. The summed E-state index contributed by atoms with van der Waals surface area (Å²) in [6.07, 6.45) is 56.1. The van der Waals surface area contributed by atoms with Crippen LogP contribution >= 0.6 is 0 Å². The molecular weight excluding hydrogens is 817 g/mol. The fourth-order valence-electron chi connectivity index (χ4n) is 7.53. The molecule has 0 bridgehead atoms. The summed E-state index contributed by atoms with van der Waals surface area (Å²) in [5.41, 5.74) is 0. The molecule has 1 saturated heterocycles. The van der Waals surface area contributed by atoms with Crippen molar-refractivity contribution in [3.63, 3.8) is 0 Å². The first-order chi connectivity index (χ1) is 31.9. The average Bonchev–Trinajstić information content (AvgIpc) is 3.31. The van der Waals surface area contributed by atoms with Gasteiger partial charge in [-0.2, -0.15) is 0 Å². The number of hydrogen-bond acceptors (Lipinski definition) is 9. The maximum atomic E-state index is 12.8. The molecule has 0 amide bonds. The van der Waals surface area contributed by atoms with E-state index < -0.39 is 43.4 Å². The average molecular weight is 913 g/mol. The summed E-state index contributed by atoms with van der Waals surface area (Å²) in [6, 6.07) is 0. The van der Waals surface area contributed by atoms with Crippen molar-refractivity contribution < 1.29 is 44.2 Å². The van der Waals surface area contributed by atoms with Crippen molar-refractivity contribution in [1.29, 1.82) is 0 Å². The van der Waals surface area contributed by atoms with Gasteiger partial charge in [0.15, 0.2) is 6.29 Å². The fraction of sp³-hybridized carbons (Fsp3) is 0.732. The predicted octanol–water partition coefficient (Wildman–Crippen LogP) is 13.0. The Bertz CT molecular complexity index is 1270. The van der Waals surface area contributed by atoms with E-state index in [2.05, 4.69) is 98.9 Å². The zero-order chi connectivity index (χ0) is 47.1. The van der Waals surface area contributed by atoms with Crippen LogP contribution in [0.3, 0.4) is 0 Å². The number of rotatable bonds is 44. The molecule has 0 spiro atoms. The van der Waals surface area contributed by atoms with E-state index in [-0.39, 0.29) is 25.6 Å². The van der Waals surface area contributed by atoms with Crippen molar-refractivity contribution >= 4 is 5.97 Å². The first-order valence-electron chi connectivity index (χ1n) is 26.2. The standard InChI is InChI=1S/C56H96O9/c1-3-5-7-9-11-13-15-17-19-21-22-23-24-25-26-27-28-29-31-33-35-37-39-41-43-45-52(58)64-50(49-63-56-55(61)54(60)53(59)51(47-57)65-56)48-62-46-44-42-40-38-36-34-32-30-20-18-16-14-12-10-8-6-4-2/h5,7,11,13,17,19,22-23,25-26,28-29,33,35,50-51,53-57,59-61H,3-4,6,8-10,12,14-16,18,20-21,24,27,30-32,34,36-49H2,1-2H3/b7-5-,13-11-,19-17-,23-22-,26-25-,29-28-,35-33-. The number of esters is 1. The molecule has 6 unspecified atom stereocenters. The summed E-state index contributed by atoms with van der Waals surface area (Å²) in [5.74, 6) is -0.345. The molecule has 0 aromatic rings. The maximum absolute atomic E-state index is 12.8. The molecule has 9 heteroatoms. The Morgan fingerprint density at radius 1 is 0.508 bits per heavy atom. The van der Waals surface area contributed by atoms with Crippen LogP contribution in [-0.4, -0.2) is 89.6 Å². The number of hydrogen-bond donors (Lipinski definition) is 4. The van der Waals surface area contributed by atoms with Crippen LogP contribution in [0.2, 0.25) is 0 Å². The molecule has 1 aliphatic heterocycles. The highest BCUT2D eigenvalue weighted by molar-refractivity contribution is 5.69. The van der Waals surface area contributed by atoms with Crippen molar-refractivity contribution in [2.24, 2.45) is 0 Å². The van der Waals surface area contributed by atoms with E-state index in [1.54, 1.807) is 0 Å². The predicted molar refractivity (Wildman–Crippen MR) is 270 cm³/mol. The molecule has 0 aromatic carbocycles. The lowest BCUT2D eigenvalue weighted by molar-refractivity contribution is -0.305. The Morgan fingerprint density at radius 3 is 1.40 bits per heavy atom. The Balaban J connectivity index is 2.24. The fourth-order valence-corrected chi connectivity index (χ4v) is 7.53. The monoisotopic (exact) mass is 913 g/mol. The van der Waals surface area contributed by atoms with Crippen LogP contribution in [0.15, 0.2) is 85.1 Å². The van der Waals surface area contributed by atoms with Gasteiger partial charge in [-0.3, -0.25) is 4.79 Å². The highest BCUT2D eigenvalue weighted by Gasteiger charge is 2.44. The van der Waals surface area contributed by atoms with Crippen LogP contribution in [0, 0.1) is 0 Å². The Hall–Kier alpha value is -2.63. The normalized spacial score (nSPS) is 20.1. The topological polar surface area (TPSA) is 135 Å². The molecule has 374 valence electrons. The van der Waals surface area contributed by atoms with Crippen LogP contribution in [-0.2, 0) is 23.7 Å². The van der Waals surface area contributed by atoms with E-state index in [0.717, 1.165) is 77.0 Å². The Kier molecular flexibility index (Phi) is 43.2. The van der Waals surface area contributed by atoms with Gasteiger partial charge in [0, 0.05) is 13.0 Å². The quantitative estimate of drug-likeness (QED) is 0.0268. The molecule has 1 fully saturated rings. The summed E-state index contributed by atoms with van der Waals surface area (Å²) < 4.78 is 22.9. The van der Waals surface area contributed by atoms with Gasteiger partial charge in [-0.1, -0.05) is 208 Å². The van der Waals surface area contributed by atoms with E-state index in [0.29, 0.717) is 13.0 Å². The van der Waals surface area contributed by atoms with Crippen molar-refractivity contribution in [1.82, 2.24) is 0 Å². The molecule has 1 rings (SSSR count). The van der Waals surface area contributed by atoms with E-state index >= 15 is 0 Å². The number of carbonyl (C=O) groups is 1. The molecule has 0 aliphatic carbocycles. The number of unbranched alkanes of at least 4 members (excludes halogenated alkanes) is 19. The van der Waals surface area contributed by atoms with Gasteiger partial charge in [0.1, 0.15) is 30.5 Å². The first kappa shape index (κ1) is 60.4. The van der Waals surface area contributed by atoms with Gasteiger partial charge in [0.2, 0.25) is 0 Å². The second kappa shape index (κ2) is 46.5. The summed E-state index contributed by atoms with van der Waals surface area (Å²) in [6.45, 7) is 4.42. The van der Waals surface area contributed by atoms with Crippen molar-refractivity contribution in [3.8, 4) is 0 Å². The van der Waals surface area contributed by atoms with Gasteiger partial charge < -0.3 is 39.4 Å². The summed E-state index contributed by atoms with van der Waals surface area (Å²) in [4.78, 5) is 12.8. The van der Waals surface area contributed by atoms with Gasteiger partial charge in [0.25, 0.3) is 0 Å².